The van der Waals surface area contributed by atoms with Gasteiger partial charge in [-0.2, -0.15) is 0 Å². The van der Waals surface area contributed by atoms with Gasteiger partial charge in [0.1, 0.15) is 0 Å². The van der Waals surface area contributed by atoms with Crippen LogP contribution in [0, 0.1) is 0 Å². The van der Waals surface area contributed by atoms with E-state index in [-0.39, 0.29) is 24.1 Å². The molecule has 1 heterocycles. The Morgan fingerprint density at radius 3 is 2.53 bits per heavy atom. The van der Waals surface area contributed by atoms with Crippen molar-refractivity contribution in [2.24, 2.45) is 0 Å². The Balaban J connectivity index is 0.00000408. The number of anilines is 2. The van der Waals surface area contributed by atoms with Crippen molar-refractivity contribution in [3.63, 3.8) is 0 Å². The van der Waals surface area contributed by atoms with Gasteiger partial charge in [0.2, 0.25) is 10.0 Å². The summed E-state index contributed by atoms with van der Waals surface area (Å²) in [6.45, 7) is 3.30. The minimum atomic E-state index is -3.41. The van der Waals surface area contributed by atoms with Gasteiger partial charge in [-0.3, -0.25) is 9.10 Å². The third-order valence-corrected chi connectivity index (χ3v) is 7.56. The molecule has 2 aromatic carbocycles. The molecule has 0 spiro atoms. The summed E-state index contributed by atoms with van der Waals surface area (Å²) in [6, 6.07) is 14.2. The predicted octanol–water partition coefficient (Wildman–Crippen LogP) is 2.39. The van der Waals surface area contributed by atoms with Gasteiger partial charge in [0.15, 0.2) is 0 Å². The Bertz CT molecular complexity index is 1040. The molecular weight excluding hydrogens is 476 g/mol. The van der Waals surface area contributed by atoms with E-state index in [1.807, 2.05) is 37.3 Å². The van der Waals surface area contributed by atoms with E-state index < -0.39 is 22.2 Å². The molecule has 0 unspecified atom stereocenters. The van der Waals surface area contributed by atoms with Crippen LogP contribution in [0.3, 0.4) is 0 Å². The summed E-state index contributed by atoms with van der Waals surface area (Å²) in [5.41, 5.74) is 2.50. The lowest BCUT2D eigenvalue weighted by Crippen LogP contribution is -2.48. The second-order valence-corrected chi connectivity index (χ2v) is 10.3. The van der Waals surface area contributed by atoms with Gasteiger partial charge in [-0.05, 0) is 57.0 Å². The fraction of sp³-hybridized carbons (Fsp3) is 0.458. The van der Waals surface area contributed by atoms with Crippen LogP contribution in [0.1, 0.15) is 35.7 Å². The Kier molecular flexibility index (Phi) is 10.6. The van der Waals surface area contributed by atoms with Crippen molar-refractivity contribution < 1.29 is 18.3 Å². The molecule has 0 radical (unpaired) electrons. The van der Waals surface area contributed by atoms with Crippen LogP contribution in [0.15, 0.2) is 48.5 Å². The first-order valence-corrected chi connectivity index (χ1v) is 13.0. The second kappa shape index (κ2) is 12.9. The van der Waals surface area contributed by atoms with Crippen molar-refractivity contribution in [2.75, 3.05) is 42.1 Å². The highest BCUT2D eigenvalue weighted by molar-refractivity contribution is 7.92. The lowest BCUT2D eigenvalue weighted by Gasteiger charge is -2.29. The lowest BCUT2D eigenvalue weighted by atomic mass is 10.0. The molecule has 1 amide bonds. The first-order valence-electron chi connectivity index (χ1n) is 11.4. The minimum Gasteiger partial charge on any atom is -0.390 e. The molecule has 0 bridgehead atoms. The molecule has 0 aliphatic carbocycles. The van der Waals surface area contributed by atoms with Crippen molar-refractivity contribution in [1.29, 1.82) is 0 Å². The maximum atomic E-state index is 13.3. The topological polar surface area (TPSA) is 111 Å². The molecule has 1 saturated heterocycles. The van der Waals surface area contributed by atoms with E-state index in [4.69, 9.17) is 0 Å². The van der Waals surface area contributed by atoms with E-state index in [1.54, 1.807) is 25.2 Å². The standard InChI is InChI=1S/C24H34N4O4S.ClH/c1-3-26-20-14-19(15-21(16-20)28-11-7-8-12-33(28,31)32)24(30)27-22(23(29)17-25-2)13-18-9-5-4-6-10-18;/h4-6,9-10,14-16,22-23,25-26,29H,3,7-8,11-13,17H2,1-2H3,(H,27,30);1H/t22-,23+;/m0./s1. The van der Waals surface area contributed by atoms with E-state index in [0.29, 0.717) is 49.4 Å². The number of sulfonamides is 1. The summed E-state index contributed by atoms with van der Waals surface area (Å²) >= 11 is 0. The van der Waals surface area contributed by atoms with Crippen LogP contribution < -0.4 is 20.3 Å². The van der Waals surface area contributed by atoms with Crippen LogP contribution in [0.4, 0.5) is 11.4 Å². The molecule has 10 heteroatoms. The SMILES string of the molecule is CCNc1cc(C(=O)N[C@@H](Cc2ccccc2)[C@H](O)CNC)cc(N2CCCCS2(=O)=O)c1.Cl. The second-order valence-electron chi connectivity index (χ2n) is 8.29. The summed E-state index contributed by atoms with van der Waals surface area (Å²) in [6.07, 6.45) is 1.10. The van der Waals surface area contributed by atoms with Gasteiger partial charge >= 0.3 is 0 Å². The molecule has 8 nitrogen and oxygen atoms in total. The van der Waals surface area contributed by atoms with Gasteiger partial charge in [0.25, 0.3) is 5.91 Å². The molecule has 0 aromatic heterocycles. The number of rotatable bonds is 10. The average molecular weight is 511 g/mol. The molecule has 4 N–H and O–H groups in total. The number of nitrogens with zero attached hydrogens (tertiary/aromatic N) is 1. The zero-order valence-electron chi connectivity index (χ0n) is 19.7. The fourth-order valence-corrected chi connectivity index (χ4v) is 5.65. The third kappa shape index (κ3) is 7.33. The number of hydrogen-bond donors (Lipinski definition) is 4. The number of carbonyl (C=O) groups is 1. The van der Waals surface area contributed by atoms with Gasteiger partial charge in [-0.1, -0.05) is 30.3 Å². The number of aliphatic hydroxyl groups is 1. The Morgan fingerprint density at radius 1 is 1.15 bits per heavy atom. The Labute approximate surface area is 208 Å². The summed E-state index contributed by atoms with van der Waals surface area (Å²) in [7, 11) is -1.66. The molecule has 2 aromatic rings. The highest BCUT2D eigenvalue weighted by Crippen LogP contribution is 2.28. The van der Waals surface area contributed by atoms with Gasteiger partial charge in [-0.15, -0.1) is 12.4 Å². The van der Waals surface area contributed by atoms with Crippen molar-refractivity contribution in [1.82, 2.24) is 10.6 Å². The Hall–Kier alpha value is -2.33. The maximum Gasteiger partial charge on any atom is 0.251 e. The summed E-state index contributed by atoms with van der Waals surface area (Å²) < 4.78 is 26.7. The van der Waals surface area contributed by atoms with Crippen molar-refractivity contribution >= 4 is 39.7 Å². The number of hydrogen-bond acceptors (Lipinski definition) is 6. The van der Waals surface area contributed by atoms with E-state index in [1.165, 1.54) is 4.31 Å². The highest BCUT2D eigenvalue weighted by atomic mass is 35.5. The quantitative estimate of drug-likeness (QED) is 0.390. The molecular formula is C24H35ClN4O4S. The molecule has 2 atom stereocenters. The molecule has 34 heavy (non-hydrogen) atoms. The summed E-state index contributed by atoms with van der Waals surface area (Å²) in [5, 5.41) is 19.8. The van der Waals surface area contributed by atoms with Crippen LogP contribution in [0.5, 0.6) is 0 Å². The normalized spacial score (nSPS) is 16.7. The number of halogens is 1. The number of aliphatic hydroxyl groups excluding tert-OH is 1. The van der Waals surface area contributed by atoms with E-state index in [2.05, 4.69) is 16.0 Å². The van der Waals surface area contributed by atoms with Crippen LogP contribution in [-0.2, 0) is 16.4 Å². The number of carbonyl (C=O) groups excluding carboxylic acids is 1. The van der Waals surface area contributed by atoms with Gasteiger partial charge in [0, 0.05) is 30.9 Å². The summed E-state index contributed by atoms with van der Waals surface area (Å²) in [4.78, 5) is 13.3. The molecule has 0 saturated carbocycles. The first-order chi connectivity index (χ1) is 15.8. The van der Waals surface area contributed by atoms with E-state index in [0.717, 1.165) is 12.0 Å². The fourth-order valence-electron chi connectivity index (χ4n) is 4.03. The number of amides is 1. The number of benzene rings is 2. The largest absolute Gasteiger partial charge is 0.390 e. The van der Waals surface area contributed by atoms with E-state index in [9.17, 15) is 18.3 Å². The molecule has 1 fully saturated rings. The molecule has 1 aliphatic rings. The third-order valence-electron chi connectivity index (χ3n) is 5.69. The first kappa shape index (κ1) is 27.9. The van der Waals surface area contributed by atoms with Crippen molar-refractivity contribution in [3.05, 3.63) is 59.7 Å². The smallest absolute Gasteiger partial charge is 0.251 e. The van der Waals surface area contributed by atoms with E-state index >= 15 is 0 Å². The Morgan fingerprint density at radius 2 is 1.88 bits per heavy atom. The van der Waals surface area contributed by atoms with Crippen LogP contribution in [0.2, 0.25) is 0 Å². The van der Waals surface area contributed by atoms with Crippen LogP contribution >= 0.6 is 12.4 Å². The average Bonchev–Trinajstić information content (AvgIpc) is 2.79. The summed E-state index contributed by atoms with van der Waals surface area (Å²) in [5.74, 6) is -0.253. The molecule has 1 aliphatic heterocycles. The van der Waals surface area contributed by atoms with Crippen LogP contribution in [-0.4, -0.2) is 64.0 Å². The number of nitrogens with one attached hydrogen (secondary N) is 3. The molecule has 3 rings (SSSR count). The predicted molar refractivity (Wildman–Crippen MR) is 140 cm³/mol. The van der Waals surface area contributed by atoms with Crippen molar-refractivity contribution in [2.45, 2.75) is 38.3 Å². The monoisotopic (exact) mass is 510 g/mol. The van der Waals surface area contributed by atoms with Crippen molar-refractivity contribution in [3.8, 4) is 0 Å². The number of likely N-dealkylation sites (N-methyl/N-ethyl adjacent to an activating group) is 1. The van der Waals surface area contributed by atoms with Gasteiger partial charge in [-0.25, -0.2) is 8.42 Å². The zero-order valence-corrected chi connectivity index (χ0v) is 21.3. The van der Waals surface area contributed by atoms with Gasteiger partial charge in [0.05, 0.1) is 23.6 Å². The lowest BCUT2D eigenvalue weighted by molar-refractivity contribution is 0.0834. The van der Waals surface area contributed by atoms with Crippen LogP contribution in [0.25, 0.3) is 0 Å². The zero-order chi connectivity index (χ0) is 23.8. The molecule has 188 valence electrons. The van der Waals surface area contributed by atoms with Gasteiger partial charge < -0.3 is 21.1 Å². The highest BCUT2D eigenvalue weighted by Gasteiger charge is 2.28. The minimum absolute atomic E-state index is 0. The maximum absolute atomic E-state index is 13.3.